The van der Waals surface area contributed by atoms with Crippen molar-refractivity contribution < 1.29 is 23.9 Å². The molecule has 0 unspecified atom stereocenters. The zero-order valence-corrected chi connectivity index (χ0v) is 28.8. The molecule has 1 heterocycles. The van der Waals surface area contributed by atoms with E-state index in [0.717, 1.165) is 37.4 Å². The van der Waals surface area contributed by atoms with Gasteiger partial charge in [-0.3, -0.25) is 14.9 Å². The normalized spacial score (nSPS) is 25.7. The van der Waals surface area contributed by atoms with Gasteiger partial charge >= 0.3 is 6.03 Å². The number of barbiturate groups is 1. The second kappa shape index (κ2) is 12.9. The van der Waals surface area contributed by atoms with E-state index >= 15 is 0 Å². The number of hydrogen-bond donors (Lipinski definition) is 1. The van der Waals surface area contributed by atoms with Crippen molar-refractivity contribution in [3.8, 4) is 11.5 Å². The highest BCUT2D eigenvalue weighted by atomic mass is 127. The number of allylic oxidation sites excluding steroid dienone is 1. The van der Waals surface area contributed by atoms with Crippen molar-refractivity contribution in [1.29, 1.82) is 0 Å². The van der Waals surface area contributed by atoms with E-state index in [1.165, 1.54) is 50.2 Å². The average Bonchev–Trinajstić information content (AvgIpc) is 3.03. The molecular weight excluding hydrogens is 703 g/mol. The predicted octanol–water partition coefficient (Wildman–Crippen LogP) is 8.13. The van der Waals surface area contributed by atoms with Crippen LogP contribution < -0.4 is 19.7 Å². The highest BCUT2D eigenvalue weighted by Crippen LogP contribution is 2.60. The van der Waals surface area contributed by atoms with Crippen LogP contribution in [-0.2, 0) is 28.0 Å². The number of benzene rings is 3. The summed E-state index contributed by atoms with van der Waals surface area (Å²) < 4.78 is 13.4. The van der Waals surface area contributed by atoms with Crippen molar-refractivity contribution in [2.24, 2.45) is 17.8 Å². The first-order valence-electron chi connectivity index (χ1n) is 16.5. The molecule has 1 N–H and O–H groups in total. The fourth-order valence-corrected chi connectivity index (χ4v) is 9.08. The number of nitrogens with zero attached hydrogens (tertiary/aromatic N) is 1. The Morgan fingerprint density at radius 1 is 0.936 bits per heavy atom. The lowest BCUT2D eigenvalue weighted by atomic mass is 9.48. The summed E-state index contributed by atoms with van der Waals surface area (Å²) >= 11 is 2.27. The molecule has 7 nitrogen and oxygen atoms in total. The van der Waals surface area contributed by atoms with E-state index in [2.05, 4.69) is 46.6 Å². The number of hydrogen-bond acceptors (Lipinski definition) is 5. The Balaban J connectivity index is 1.16. The van der Waals surface area contributed by atoms with Crippen LogP contribution in [0.2, 0.25) is 0 Å². The molecule has 4 bridgehead atoms. The minimum atomic E-state index is -0.749. The Morgan fingerprint density at radius 2 is 1.60 bits per heavy atom. The molecule has 4 aliphatic carbocycles. The third-order valence-corrected chi connectivity index (χ3v) is 11.0. The second-order valence-corrected chi connectivity index (χ2v) is 14.8. The first kappa shape index (κ1) is 31.7. The molecule has 47 heavy (non-hydrogen) atoms. The van der Waals surface area contributed by atoms with Gasteiger partial charge in [0.25, 0.3) is 11.8 Å². The summed E-state index contributed by atoms with van der Waals surface area (Å²) in [6.07, 6.45) is 11.6. The van der Waals surface area contributed by atoms with E-state index < -0.39 is 17.8 Å². The number of ether oxygens (including phenoxy) is 2. The van der Waals surface area contributed by atoms with Crippen LogP contribution in [-0.4, -0.2) is 24.5 Å². The number of carbonyl (C=O) groups is 3. The van der Waals surface area contributed by atoms with Gasteiger partial charge < -0.3 is 9.47 Å². The van der Waals surface area contributed by atoms with Crippen molar-refractivity contribution in [1.82, 2.24) is 5.32 Å². The van der Waals surface area contributed by atoms with Crippen LogP contribution >= 0.6 is 22.6 Å². The van der Waals surface area contributed by atoms with Gasteiger partial charge in [-0.2, -0.15) is 0 Å². The largest absolute Gasteiger partial charge is 0.490 e. The van der Waals surface area contributed by atoms with E-state index in [0.29, 0.717) is 42.4 Å². The van der Waals surface area contributed by atoms with Crippen LogP contribution in [0.15, 0.2) is 78.9 Å². The van der Waals surface area contributed by atoms with Gasteiger partial charge in [-0.1, -0.05) is 30.3 Å². The van der Waals surface area contributed by atoms with Crippen molar-refractivity contribution in [3.63, 3.8) is 0 Å². The lowest BCUT2D eigenvalue weighted by Crippen LogP contribution is -2.54. The molecule has 0 radical (unpaired) electrons. The molecule has 4 amide bonds. The SMILES string of the molecule is C=CCc1cc(/C=C2\C(=O)NC(=O)N(c3ccc(C45CC6CC(CC(C6)C4)C5)cc3)C2=O)cc(OCC)c1OCc1ccc(I)cc1. The molecule has 0 atom stereocenters. The van der Waals surface area contributed by atoms with E-state index in [-0.39, 0.29) is 11.0 Å². The number of imide groups is 2. The van der Waals surface area contributed by atoms with Crippen LogP contribution in [0.25, 0.3) is 6.08 Å². The van der Waals surface area contributed by atoms with Crippen LogP contribution in [0.1, 0.15) is 67.7 Å². The number of amides is 4. The molecule has 1 aliphatic heterocycles. The van der Waals surface area contributed by atoms with Gasteiger partial charge in [-0.05, 0) is 157 Å². The topological polar surface area (TPSA) is 84.9 Å². The Hall–Kier alpha value is -3.92. The third kappa shape index (κ3) is 6.24. The molecule has 0 aromatic heterocycles. The van der Waals surface area contributed by atoms with Crippen molar-refractivity contribution in [2.75, 3.05) is 11.5 Å². The van der Waals surface area contributed by atoms with Gasteiger partial charge in [0.15, 0.2) is 11.5 Å². The summed E-state index contributed by atoms with van der Waals surface area (Å²) in [5, 5.41) is 2.37. The second-order valence-electron chi connectivity index (χ2n) is 13.6. The van der Waals surface area contributed by atoms with Crippen LogP contribution in [0.5, 0.6) is 11.5 Å². The zero-order valence-electron chi connectivity index (χ0n) is 26.6. The van der Waals surface area contributed by atoms with E-state index in [4.69, 9.17) is 9.47 Å². The number of halogens is 1. The van der Waals surface area contributed by atoms with Crippen LogP contribution in [0.4, 0.5) is 10.5 Å². The van der Waals surface area contributed by atoms with E-state index in [1.807, 2.05) is 49.4 Å². The Bertz CT molecular complexity index is 1730. The lowest BCUT2D eigenvalue weighted by molar-refractivity contribution is -0.122. The van der Waals surface area contributed by atoms with Gasteiger partial charge in [0.1, 0.15) is 12.2 Å². The molecule has 3 aromatic carbocycles. The molecule has 5 fully saturated rings. The van der Waals surface area contributed by atoms with Gasteiger partial charge in [-0.25, -0.2) is 9.69 Å². The van der Waals surface area contributed by atoms with Crippen molar-refractivity contribution in [3.05, 3.63) is 105 Å². The van der Waals surface area contributed by atoms with Crippen molar-refractivity contribution >= 4 is 52.2 Å². The van der Waals surface area contributed by atoms with Gasteiger partial charge in [0.2, 0.25) is 0 Å². The summed E-state index contributed by atoms with van der Waals surface area (Å²) in [6.45, 7) is 6.54. The number of carbonyl (C=O) groups excluding carboxylic acids is 3. The summed E-state index contributed by atoms with van der Waals surface area (Å²) in [5.41, 5.74) is 4.23. The van der Waals surface area contributed by atoms with Gasteiger partial charge in [-0.15, -0.1) is 6.58 Å². The summed E-state index contributed by atoms with van der Waals surface area (Å²) in [4.78, 5) is 41.0. The molecule has 8 heteroatoms. The molecule has 3 aromatic rings. The maximum absolute atomic E-state index is 13.8. The first-order valence-corrected chi connectivity index (χ1v) is 17.6. The third-order valence-electron chi connectivity index (χ3n) is 10.3. The first-order chi connectivity index (χ1) is 22.7. The standard InChI is InChI=1S/C39H39IN2O5/c1-3-5-29-17-25(19-34(46-4-2)35(29)47-23-24-6-10-31(40)11-7-24)18-33-36(43)41-38(45)42(37(33)44)32-12-8-30(9-13-32)39-20-26-14-27(21-39)16-28(15-26)22-39/h3,6-13,17-19,26-28H,1,4-5,14-16,20-23H2,2H3,(H,41,43,45)/b33-18+. The minimum absolute atomic E-state index is 0.130. The molecule has 0 spiro atoms. The highest BCUT2D eigenvalue weighted by molar-refractivity contribution is 14.1. The maximum Gasteiger partial charge on any atom is 0.335 e. The molecule has 242 valence electrons. The lowest BCUT2D eigenvalue weighted by Gasteiger charge is -2.57. The minimum Gasteiger partial charge on any atom is -0.490 e. The smallest absolute Gasteiger partial charge is 0.335 e. The van der Waals surface area contributed by atoms with Gasteiger partial charge in [0, 0.05) is 9.13 Å². The molecule has 5 aliphatic rings. The van der Waals surface area contributed by atoms with Crippen LogP contribution in [0, 0.1) is 21.3 Å². The molecule has 1 saturated heterocycles. The maximum atomic E-state index is 13.8. The predicted molar refractivity (Wildman–Crippen MR) is 190 cm³/mol. The van der Waals surface area contributed by atoms with E-state index in [9.17, 15) is 14.4 Å². The fourth-order valence-electron chi connectivity index (χ4n) is 8.72. The fraction of sp³-hybridized carbons (Fsp3) is 0.359. The average molecular weight is 743 g/mol. The summed E-state index contributed by atoms with van der Waals surface area (Å²) in [5.74, 6) is 2.14. The van der Waals surface area contributed by atoms with E-state index in [1.54, 1.807) is 12.1 Å². The monoisotopic (exact) mass is 742 g/mol. The molecule has 4 saturated carbocycles. The molecule has 8 rings (SSSR count). The number of anilines is 1. The van der Waals surface area contributed by atoms with Crippen LogP contribution in [0.3, 0.4) is 0 Å². The summed E-state index contributed by atoms with van der Waals surface area (Å²) in [6, 6.07) is 18.9. The summed E-state index contributed by atoms with van der Waals surface area (Å²) in [7, 11) is 0. The molecular formula is C39H39IN2O5. The number of urea groups is 1. The van der Waals surface area contributed by atoms with Crippen molar-refractivity contribution in [2.45, 2.75) is 63.9 Å². The Morgan fingerprint density at radius 3 is 2.21 bits per heavy atom. The van der Waals surface area contributed by atoms with Gasteiger partial charge in [0.05, 0.1) is 12.3 Å². The zero-order chi connectivity index (χ0) is 32.7. The Kier molecular flexibility index (Phi) is 8.72. The number of nitrogens with one attached hydrogen (secondary N) is 1. The highest BCUT2D eigenvalue weighted by Gasteiger charge is 2.51. The number of rotatable bonds is 10. The Labute approximate surface area is 289 Å². The quantitative estimate of drug-likeness (QED) is 0.0982.